The predicted molar refractivity (Wildman–Crippen MR) is 95.8 cm³/mol. The molecule has 2 N–H and O–H groups in total. The Bertz CT molecular complexity index is 641. The molecule has 0 heterocycles. The Morgan fingerprint density at radius 2 is 1.71 bits per heavy atom. The van der Waals surface area contributed by atoms with E-state index in [4.69, 9.17) is 9.47 Å². The van der Waals surface area contributed by atoms with Crippen molar-refractivity contribution < 1.29 is 14.3 Å². The van der Waals surface area contributed by atoms with Gasteiger partial charge in [-0.2, -0.15) is 0 Å². The number of benzene rings is 2. The van der Waals surface area contributed by atoms with Crippen molar-refractivity contribution >= 4 is 11.6 Å². The largest absolute Gasteiger partial charge is 0.497 e. The normalized spacial score (nSPS) is 10.1. The molecule has 0 saturated carbocycles. The molecule has 128 valence electrons. The third-order valence-corrected chi connectivity index (χ3v) is 3.56. The molecular weight excluding hydrogens is 304 g/mol. The van der Waals surface area contributed by atoms with Gasteiger partial charge in [-0.3, -0.25) is 4.79 Å². The Kier molecular flexibility index (Phi) is 6.95. The lowest BCUT2D eigenvalue weighted by molar-refractivity contribution is -0.120. The number of rotatable bonds is 9. The zero-order valence-electron chi connectivity index (χ0n) is 14.2. The van der Waals surface area contributed by atoms with E-state index in [0.717, 1.165) is 17.2 Å². The van der Waals surface area contributed by atoms with Gasteiger partial charge >= 0.3 is 0 Å². The summed E-state index contributed by atoms with van der Waals surface area (Å²) < 4.78 is 10.6. The SMILES string of the molecule is COc1ccc(OCCNC(=O)CCNc2ccccc2C)cc1. The standard InChI is InChI=1S/C19H24N2O3/c1-15-5-3-4-6-18(15)20-12-11-19(22)21-13-14-24-17-9-7-16(23-2)8-10-17/h3-10,20H,11-14H2,1-2H3,(H,21,22). The van der Waals surface area contributed by atoms with Crippen LogP contribution in [0.3, 0.4) is 0 Å². The third-order valence-electron chi connectivity index (χ3n) is 3.56. The molecule has 0 aliphatic rings. The monoisotopic (exact) mass is 328 g/mol. The fourth-order valence-electron chi connectivity index (χ4n) is 2.20. The maximum absolute atomic E-state index is 11.8. The molecule has 2 rings (SSSR count). The molecule has 0 aliphatic heterocycles. The third kappa shape index (κ3) is 5.83. The van der Waals surface area contributed by atoms with Crippen molar-refractivity contribution in [2.45, 2.75) is 13.3 Å². The fourth-order valence-corrected chi connectivity index (χ4v) is 2.20. The van der Waals surface area contributed by atoms with Gasteiger partial charge in [0.05, 0.1) is 13.7 Å². The summed E-state index contributed by atoms with van der Waals surface area (Å²) in [6.07, 6.45) is 0.427. The van der Waals surface area contributed by atoms with Crippen LogP contribution in [0.25, 0.3) is 0 Å². The second-order valence-electron chi connectivity index (χ2n) is 5.37. The van der Waals surface area contributed by atoms with Crippen LogP contribution in [0.1, 0.15) is 12.0 Å². The van der Waals surface area contributed by atoms with Gasteiger partial charge in [0, 0.05) is 18.7 Å². The van der Waals surface area contributed by atoms with Crippen molar-refractivity contribution in [3.63, 3.8) is 0 Å². The highest BCUT2D eigenvalue weighted by atomic mass is 16.5. The van der Waals surface area contributed by atoms with E-state index < -0.39 is 0 Å². The van der Waals surface area contributed by atoms with Crippen LogP contribution in [-0.4, -0.2) is 32.7 Å². The predicted octanol–water partition coefficient (Wildman–Crippen LogP) is 3.00. The maximum Gasteiger partial charge on any atom is 0.221 e. The second kappa shape index (κ2) is 9.45. The summed E-state index contributed by atoms with van der Waals surface area (Å²) in [5.74, 6) is 1.55. The van der Waals surface area contributed by atoms with E-state index in [1.165, 1.54) is 5.56 Å². The number of carbonyl (C=O) groups is 1. The molecule has 0 spiro atoms. The van der Waals surface area contributed by atoms with E-state index in [-0.39, 0.29) is 5.91 Å². The summed E-state index contributed by atoms with van der Waals surface area (Å²) in [4.78, 5) is 11.8. The number of carbonyl (C=O) groups excluding carboxylic acids is 1. The Labute approximate surface area is 143 Å². The number of hydrogen-bond donors (Lipinski definition) is 2. The average Bonchev–Trinajstić information content (AvgIpc) is 2.61. The first-order valence-electron chi connectivity index (χ1n) is 8.02. The topological polar surface area (TPSA) is 59.6 Å². The van der Waals surface area contributed by atoms with Crippen molar-refractivity contribution in [2.75, 3.05) is 32.1 Å². The molecule has 0 aliphatic carbocycles. The first-order chi connectivity index (χ1) is 11.7. The molecule has 5 nitrogen and oxygen atoms in total. The molecule has 5 heteroatoms. The Hall–Kier alpha value is -2.69. The number of methoxy groups -OCH3 is 1. The smallest absolute Gasteiger partial charge is 0.221 e. The van der Waals surface area contributed by atoms with Gasteiger partial charge in [-0.1, -0.05) is 18.2 Å². The lowest BCUT2D eigenvalue weighted by atomic mass is 10.2. The summed E-state index contributed by atoms with van der Waals surface area (Å²) in [5.41, 5.74) is 2.24. The van der Waals surface area contributed by atoms with Gasteiger partial charge in [-0.25, -0.2) is 0 Å². The van der Waals surface area contributed by atoms with Crippen LogP contribution in [0.5, 0.6) is 11.5 Å². The molecule has 0 atom stereocenters. The van der Waals surface area contributed by atoms with Crippen LogP contribution in [0, 0.1) is 6.92 Å². The van der Waals surface area contributed by atoms with E-state index in [0.29, 0.717) is 26.1 Å². The first kappa shape index (κ1) is 17.7. The second-order valence-corrected chi connectivity index (χ2v) is 5.37. The lowest BCUT2D eigenvalue weighted by Crippen LogP contribution is -2.29. The summed E-state index contributed by atoms with van der Waals surface area (Å²) in [6, 6.07) is 15.4. The molecule has 1 amide bonds. The highest BCUT2D eigenvalue weighted by Crippen LogP contribution is 2.16. The van der Waals surface area contributed by atoms with Crippen molar-refractivity contribution in [2.24, 2.45) is 0 Å². The van der Waals surface area contributed by atoms with Crippen LogP contribution in [0.2, 0.25) is 0 Å². The number of aryl methyl sites for hydroxylation is 1. The van der Waals surface area contributed by atoms with Crippen LogP contribution in [0.4, 0.5) is 5.69 Å². The highest BCUT2D eigenvalue weighted by Gasteiger charge is 2.02. The molecule has 0 fully saturated rings. The fraction of sp³-hybridized carbons (Fsp3) is 0.316. The van der Waals surface area contributed by atoms with Gasteiger partial charge < -0.3 is 20.1 Å². The summed E-state index contributed by atoms with van der Waals surface area (Å²) in [7, 11) is 1.62. The van der Waals surface area contributed by atoms with Crippen LogP contribution >= 0.6 is 0 Å². The van der Waals surface area contributed by atoms with Crippen LogP contribution in [0.15, 0.2) is 48.5 Å². The Morgan fingerprint density at radius 3 is 2.42 bits per heavy atom. The van der Waals surface area contributed by atoms with E-state index >= 15 is 0 Å². The van der Waals surface area contributed by atoms with Gasteiger partial charge in [0.2, 0.25) is 5.91 Å². The van der Waals surface area contributed by atoms with Crippen molar-refractivity contribution in [1.29, 1.82) is 0 Å². The van der Waals surface area contributed by atoms with E-state index in [1.807, 2.05) is 55.5 Å². The van der Waals surface area contributed by atoms with E-state index in [1.54, 1.807) is 7.11 Å². The molecule has 0 radical (unpaired) electrons. The highest BCUT2D eigenvalue weighted by molar-refractivity contribution is 5.76. The van der Waals surface area contributed by atoms with E-state index in [9.17, 15) is 4.79 Å². The van der Waals surface area contributed by atoms with E-state index in [2.05, 4.69) is 10.6 Å². The van der Waals surface area contributed by atoms with Gasteiger partial charge in [0.1, 0.15) is 18.1 Å². The maximum atomic E-state index is 11.8. The summed E-state index contributed by atoms with van der Waals surface area (Å²) >= 11 is 0. The average molecular weight is 328 g/mol. The van der Waals surface area contributed by atoms with Crippen LogP contribution in [-0.2, 0) is 4.79 Å². The number of para-hydroxylation sites is 1. The summed E-state index contributed by atoms with van der Waals surface area (Å²) in [6.45, 7) is 3.56. The molecule has 0 bridgehead atoms. The zero-order chi connectivity index (χ0) is 17.2. The van der Waals surface area contributed by atoms with Gasteiger partial charge in [-0.15, -0.1) is 0 Å². The van der Waals surface area contributed by atoms with Crippen LogP contribution < -0.4 is 20.1 Å². The van der Waals surface area contributed by atoms with Crippen molar-refractivity contribution in [1.82, 2.24) is 5.32 Å². The lowest BCUT2D eigenvalue weighted by Gasteiger charge is -2.10. The number of nitrogens with one attached hydrogen (secondary N) is 2. The molecule has 0 aromatic heterocycles. The molecule has 2 aromatic rings. The van der Waals surface area contributed by atoms with Gasteiger partial charge in [0.25, 0.3) is 0 Å². The quantitative estimate of drug-likeness (QED) is 0.695. The summed E-state index contributed by atoms with van der Waals surface area (Å²) in [5, 5.41) is 6.11. The van der Waals surface area contributed by atoms with Gasteiger partial charge in [-0.05, 0) is 42.8 Å². The Morgan fingerprint density at radius 1 is 1.00 bits per heavy atom. The van der Waals surface area contributed by atoms with Gasteiger partial charge in [0.15, 0.2) is 0 Å². The van der Waals surface area contributed by atoms with Crippen molar-refractivity contribution in [3.8, 4) is 11.5 Å². The minimum Gasteiger partial charge on any atom is -0.497 e. The molecule has 0 saturated heterocycles. The molecule has 2 aromatic carbocycles. The zero-order valence-corrected chi connectivity index (χ0v) is 14.2. The number of anilines is 1. The molecular formula is C19H24N2O3. The Balaban J connectivity index is 1.58. The number of amides is 1. The molecule has 24 heavy (non-hydrogen) atoms. The molecule has 0 unspecified atom stereocenters. The minimum absolute atomic E-state index is 0.00872. The minimum atomic E-state index is 0.00872. The first-order valence-corrected chi connectivity index (χ1v) is 8.02. The number of ether oxygens (including phenoxy) is 2. The van der Waals surface area contributed by atoms with Crippen molar-refractivity contribution in [3.05, 3.63) is 54.1 Å². The number of hydrogen-bond acceptors (Lipinski definition) is 4.